The molecule has 0 atom stereocenters. The number of hydrogen-bond acceptors (Lipinski definition) is 4. The summed E-state index contributed by atoms with van der Waals surface area (Å²) in [6.07, 6.45) is 1.89. The number of nitrogens with one attached hydrogen (secondary N) is 1. The summed E-state index contributed by atoms with van der Waals surface area (Å²) in [6.45, 7) is 3.98. The molecule has 112 valence electrons. The number of rotatable bonds is 6. The molecule has 0 fully saturated rings. The highest BCUT2D eigenvalue weighted by molar-refractivity contribution is 5.97. The van der Waals surface area contributed by atoms with Crippen LogP contribution in [0.4, 0.5) is 0 Å². The average molecular weight is 290 g/mol. The summed E-state index contributed by atoms with van der Waals surface area (Å²) in [7, 11) is 0. The van der Waals surface area contributed by atoms with Gasteiger partial charge >= 0.3 is 5.76 Å². The fraction of sp³-hybridized carbons (Fsp3) is 0.400. The molecule has 0 unspecified atom stereocenters. The maximum absolute atomic E-state index is 11.8. The predicted molar refractivity (Wildman–Crippen MR) is 78.4 cm³/mol. The molecule has 21 heavy (non-hydrogen) atoms. The Morgan fingerprint density at radius 1 is 1.33 bits per heavy atom. The quantitative estimate of drug-likeness (QED) is 0.648. The molecule has 2 aromatic rings. The van der Waals surface area contributed by atoms with E-state index in [0.29, 0.717) is 23.2 Å². The van der Waals surface area contributed by atoms with Crippen LogP contribution in [0.1, 0.15) is 37.0 Å². The molecule has 1 amide bonds. The minimum Gasteiger partial charge on any atom is -0.408 e. The highest BCUT2D eigenvalue weighted by Crippen LogP contribution is 2.15. The lowest BCUT2D eigenvalue weighted by atomic mass is 10.1. The van der Waals surface area contributed by atoms with Gasteiger partial charge < -0.3 is 9.73 Å². The first kappa shape index (κ1) is 15.0. The van der Waals surface area contributed by atoms with E-state index in [1.54, 1.807) is 12.1 Å². The molecule has 1 heterocycles. The molecule has 1 N–H and O–H groups in total. The lowest BCUT2D eigenvalue weighted by Gasteiger charge is -2.04. The highest BCUT2D eigenvalue weighted by Gasteiger charge is 2.13. The number of nitrogens with zero attached hydrogens (tertiary/aromatic N) is 1. The van der Waals surface area contributed by atoms with E-state index in [1.807, 2.05) is 6.92 Å². The van der Waals surface area contributed by atoms with Crippen molar-refractivity contribution in [2.45, 2.75) is 33.2 Å². The number of hydrogen-bond donors (Lipinski definition) is 1. The molecule has 6 heteroatoms. The number of benzene rings is 1. The molecule has 1 aromatic carbocycles. The van der Waals surface area contributed by atoms with Gasteiger partial charge in [0.15, 0.2) is 11.4 Å². The Bertz CT molecular complexity index is 727. The van der Waals surface area contributed by atoms with Crippen LogP contribution in [0.2, 0.25) is 0 Å². The van der Waals surface area contributed by atoms with E-state index in [-0.39, 0.29) is 18.2 Å². The fourth-order valence-corrected chi connectivity index (χ4v) is 2.04. The van der Waals surface area contributed by atoms with Crippen molar-refractivity contribution in [3.63, 3.8) is 0 Å². The number of carbonyl (C=O) groups is 2. The van der Waals surface area contributed by atoms with Crippen LogP contribution >= 0.6 is 0 Å². The standard InChI is InChI=1S/C15H18N2O4/c1-3-4-7-16-14(19)9-17-12-6-5-11(10(2)18)8-13(12)21-15(17)20/h5-6,8H,3-4,7,9H2,1-2H3,(H,16,19). The fourth-order valence-electron chi connectivity index (χ4n) is 2.04. The largest absolute Gasteiger partial charge is 0.420 e. The second kappa shape index (κ2) is 6.39. The van der Waals surface area contributed by atoms with Gasteiger partial charge in [0, 0.05) is 12.1 Å². The van der Waals surface area contributed by atoms with Crippen LogP contribution in [0, 0.1) is 0 Å². The van der Waals surface area contributed by atoms with Crippen LogP contribution in [-0.4, -0.2) is 22.8 Å². The van der Waals surface area contributed by atoms with Crippen LogP contribution in [0.15, 0.2) is 27.4 Å². The van der Waals surface area contributed by atoms with Crippen molar-refractivity contribution < 1.29 is 14.0 Å². The number of aromatic nitrogens is 1. The Morgan fingerprint density at radius 3 is 2.76 bits per heavy atom. The molecule has 0 spiro atoms. The summed E-state index contributed by atoms with van der Waals surface area (Å²) in [6, 6.07) is 4.76. The van der Waals surface area contributed by atoms with E-state index in [0.717, 1.165) is 12.8 Å². The zero-order chi connectivity index (χ0) is 15.4. The van der Waals surface area contributed by atoms with Gasteiger partial charge in [0.05, 0.1) is 5.52 Å². The third-order valence-electron chi connectivity index (χ3n) is 3.23. The topological polar surface area (TPSA) is 81.3 Å². The first-order chi connectivity index (χ1) is 10.0. The lowest BCUT2D eigenvalue weighted by molar-refractivity contribution is -0.121. The van der Waals surface area contributed by atoms with E-state index in [4.69, 9.17) is 4.42 Å². The zero-order valence-corrected chi connectivity index (χ0v) is 12.1. The zero-order valence-electron chi connectivity index (χ0n) is 12.1. The van der Waals surface area contributed by atoms with Crippen molar-refractivity contribution >= 4 is 22.8 Å². The highest BCUT2D eigenvalue weighted by atomic mass is 16.4. The molecule has 0 aliphatic heterocycles. The Kier molecular flexibility index (Phi) is 4.57. The Morgan fingerprint density at radius 2 is 2.10 bits per heavy atom. The van der Waals surface area contributed by atoms with Gasteiger partial charge in [-0.25, -0.2) is 4.79 Å². The molecule has 0 saturated heterocycles. The molecule has 0 aliphatic carbocycles. The smallest absolute Gasteiger partial charge is 0.408 e. The average Bonchev–Trinajstić information content (AvgIpc) is 2.74. The van der Waals surface area contributed by atoms with E-state index >= 15 is 0 Å². The number of ketones is 1. The molecular weight excluding hydrogens is 272 g/mol. The third-order valence-corrected chi connectivity index (χ3v) is 3.23. The number of carbonyl (C=O) groups excluding carboxylic acids is 2. The minimum absolute atomic E-state index is 0.0883. The Hall–Kier alpha value is -2.37. The first-order valence-electron chi connectivity index (χ1n) is 6.94. The summed E-state index contributed by atoms with van der Waals surface area (Å²) < 4.78 is 6.36. The SMILES string of the molecule is CCCCNC(=O)Cn1c(=O)oc2cc(C(C)=O)ccc21. The molecular formula is C15H18N2O4. The van der Waals surface area contributed by atoms with E-state index in [2.05, 4.69) is 5.32 Å². The Labute approximate surface area is 121 Å². The van der Waals surface area contributed by atoms with Gasteiger partial charge in [-0.1, -0.05) is 13.3 Å². The molecule has 1 aromatic heterocycles. The van der Waals surface area contributed by atoms with Crippen molar-refractivity contribution in [3.05, 3.63) is 34.3 Å². The summed E-state index contributed by atoms with van der Waals surface area (Å²) in [5, 5.41) is 2.75. The van der Waals surface area contributed by atoms with Crippen LogP contribution in [0.25, 0.3) is 11.1 Å². The summed E-state index contributed by atoms with van der Waals surface area (Å²) in [5.74, 6) is -0.940. The van der Waals surface area contributed by atoms with Crippen molar-refractivity contribution in [2.75, 3.05) is 6.54 Å². The third kappa shape index (κ3) is 3.39. The Balaban J connectivity index is 2.24. The van der Waals surface area contributed by atoms with E-state index in [9.17, 15) is 14.4 Å². The van der Waals surface area contributed by atoms with Gasteiger partial charge in [-0.3, -0.25) is 14.2 Å². The van der Waals surface area contributed by atoms with Gasteiger partial charge in [0.25, 0.3) is 0 Å². The summed E-state index contributed by atoms with van der Waals surface area (Å²) in [4.78, 5) is 34.9. The normalized spacial score (nSPS) is 10.8. The summed E-state index contributed by atoms with van der Waals surface area (Å²) >= 11 is 0. The minimum atomic E-state index is -0.601. The second-order valence-corrected chi connectivity index (χ2v) is 4.90. The van der Waals surface area contributed by atoms with Gasteiger partial charge in [-0.2, -0.15) is 0 Å². The van der Waals surface area contributed by atoms with E-state index < -0.39 is 5.76 Å². The second-order valence-electron chi connectivity index (χ2n) is 4.90. The molecule has 2 rings (SSSR count). The van der Waals surface area contributed by atoms with Crippen molar-refractivity contribution in [1.82, 2.24) is 9.88 Å². The molecule has 0 radical (unpaired) electrons. The summed E-state index contributed by atoms with van der Waals surface area (Å²) in [5.41, 5.74) is 1.29. The van der Waals surface area contributed by atoms with Crippen LogP contribution in [0.3, 0.4) is 0 Å². The van der Waals surface area contributed by atoms with Crippen LogP contribution in [0.5, 0.6) is 0 Å². The van der Waals surface area contributed by atoms with Gasteiger partial charge in [-0.05, 0) is 31.5 Å². The molecule has 0 saturated carbocycles. The molecule has 0 bridgehead atoms. The first-order valence-corrected chi connectivity index (χ1v) is 6.94. The number of Topliss-reactive ketones (excluding diaryl/α,β-unsaturated/α-hetero) is 1. The number of fused-ring (bicyclic) bond motifs is 1. The lowest BCUT2D eigenvalue weighted by Crippen LogP contribution is -2.31. The van der Waals surface area contributed by atoms with Crippen molar-refractivity contribution in [1.29, 1.82) is 0 Å². The number of unbranched alkanes of at least 4 members (excludes halogenated alkanes) is 1. The van der Waals surface area contributed by atoms with Crippen molar-refractivity contribution in [2.24, 2.45) is 0 Å². The number of amides is 1. The predicted octanol–water partition coefficient (Wildman–Crippen LogP) is 1.71. The van der Waals surface area contributed by atoms with Crippen LogP contribution < -0.4 is 11.1 Å². The van der Waals surface area contributed by atoms with Gasteiger partial charge in [-0.15, -0.1) is 0 Å². The van der Waals surface area contributed by atoms with Crippen LogP contribution in [-0.2, 0) is 11.3 Å². The monoisotopic (exact) mass is 290 g/mol. The number of oxazole rings is 1. The van der Waals surface area contributed by atoms with Gasteiger partial charge in [0.2, 0.25) is 5.91 Å². The van der Waals surface area contributed by atoms with Crippen molar-refractivity contribution in [3.8, 4) is 0 Å². The van der Waals surface area contributed by atoms with E-state index in [1.165, 1.54) is 17.6 Å². The van der Waals surface area contributed by atoms with Gasteiger partial charge in [0.1, 0.15) is 6.54 Å². The molecule has 6 nitrogen and oxygen atoms in total. The maximum Gasteiger partial charge on any atom is 0.420 e. The maximum atomic E-state index is 11.8. The molecule has 0 aliphatic rings.